The molecule has 0 bridgehead atoms. The van der Waals surface area contributed by atoms with Gasteiger partial charge >= 0.3 is 0 Å². The van der Waals surface area contributed by atoms with E-state index in [1.54, 1.807) is 0 Å². The molecular formula is C12H26N2. The van der Waals surface area contributed by atoms with Gasteiger partial charge in [0.25, 0.3) is 0 Å². The molecule has 0 unspecified atom stereocenters. The van der Waals surface area contributed by atoms with Gasteiger partial charge < -0.3 is 10.2 Å². The number of hydrogen-bond acceptors (Lipinski definition) is 2. The van der Waals surface area contributed by atoms with Crippen LogP contribution in [0.25, 0.3) is 0 Å². The van der Waals surface area contributed by atoms with E-state index >= 15 is 0 Å². The van der Waals surface area contributed by atoms with Crippen LogP contribution in [0.1, 0.15) is 40.5 Å². The van der Waals surface area contributed by atoms with Gasteiger partial charge in [-0.25, -0.2) is 0 Å². The molecule has 0 atom stereocenters. The van der Waals surface area contributed by atoms with Crippen LogP contribution in [0, 0.1) is 5.41 Å². The largest absolute Gasteiger partial charge is 0.313 e. The molecule has 1 saturated carbocycles. The van der Waals surface area contributed by atoms with Crippen LogP contribution in [-0.4, -0.2) is 37.1 Å². The summed E-state index contributed by atoms with van der Waals surface area (Å²) in [7, 11) is 2.21. The highest BCUT2D eigenvalue weighted by Gasteiger charge is 2.26. The molecule has 0 heterocycles. The minimum Gasteiger partial charge on any atom is -0.313 e. The van der Waals surface area contributed by atoms with Gasteiger partial charge in [0.2, 0.25) is 0 Å². The Balaban J connectivity index is 2.23. The van der Waals surface area contributed by atoms with Crippen molar-refractivity contribution in [3.63, 3.8) is 0 Å². The third-order valence-corrected chi connectivity index (χ3v) is 3.01. The van der Waals surface area contributed by atoms with E-state index in [-0.39, 0.29) is 0 Å². The normalized spacial score (nSPS) is 18.2. The Morgan fingerprint density at radius 2 is 1.93 bits per heavy atom. The zero-order valence-electron chi connectivity index (χ0n) is 10.4. The third kappa shape index (κ3) is 4.43. The topological polar surface area (TPSA) is 15.3 Å². The predicted molar refractivity (Wildman–Crippen MR) is 62.6 cm³/mol. The van der Waals surface area contributed by atoms with E-state index in [2.05, 4.69) is 45.0 Å². The minimum atomic E-state index is 0.390. The van der Waals surface area contributed by atoms with E-state index in [0.29, 0.717) is 11.5 Å². The number of hydrogen-bond donors (Lipinski definition) is 1. The van der Waals surface area contributed by atoms with E-state index in [0.717, 1.165) is 12.6 Å². The van der Waals surface area contributed by atoms with Crippen LogP contribution in [0.15, 0.2) is 0 Å². The van der Waals surface area contributed by atoms with Crippen LogP contribution in [0.4, 0.5) is 0 Å². The summed E-state index contributed by atoms with van der Waals surface area (Å²) in [5, 5.41) is 3.61. The monoisotopic (exact) mass is 198 g/mol. The number of rotatable bonds is 6. The lowest BCUT2D eigenvalue weighted by Crippen LogP contribution is -2.41. The van der Waals surface area contributed by atoms with E-state index in [4.69, 9.17) is 0 Å². The highest BCUT2D eigenvalue weighted by Crippen LogP contribution is 2.22. The van der Waals surface area contributed by atoms with Crippen molar-refractivity contribution in [3.05, 3.63) is 0 Å². The molecule has 0 aromatic heterocycles. The van der Waals surface area contributed by atoms with Gasteiger partial charge in [0.1, 0.15) is 0 Å². The molecule has 14 heavy (non-hydrogen) atoms. The molecule has 0 amide bonds. The summed E-state index contributed by atoms with van der Waals surface area (Å²) in [5.41, 5.74) is 0.390. The molecule has 84 valence electrons. The Morgan fingerprint density at radius 3 is 2.36 bits per heavy atom. The molecule has 1 aliphatic carbocycles. The summed E-state index contributed by atoms with van der Waals surface area (Å²) in [6.45, 7) is 11.5. The van der Waals surface area contributed by atoms with Crippen molar-refractivity contribution in [3.8, 4) is 0 Å². The Bertz CT molecular complexity index is 171. The van der Waals surface area contributed by atoms with E-state index < -0.39 is 0 Å². The van der Waals surface area contributed by atoms with Crippen molar-refractivity contribution in [1.29, 1.82) is 0 Å². The lowest BCUT2D eigenvalue weighted by Gasteiger charge is -2.32. The van der Waals surface area contributed by atoms with Gasteiger partial charge in [-0.3, -0.25) is 0 Å². The summed E-state index contributed by atoms with van der Waals surface area (Å²) < 4.78 is 0. The SMILES string of the molecule is CC(C)N(C)CC(C)(C)CNC1CC1. The highest BCUT2D eigenvalue weighted by molar-refractivity contribution is 4.85. The first-order chi connectivity index (χ1) is 6.41. The van der Waals surface area contributed by atoms with E-state index in [9.17, 15) is 0 Å². The van der Waals surface area contributed by atoms with Gasteiger partial charge in [-0.2, -0.15) is 0 Å². The number of nitrogens with zero attached hydrogens (tertiary/aromatic N) is 1. The molecule has 2 nitrogen and oxygen atoms in total. The van der Waals surface area contributed by atoms with Gasteiger partial charge in [-0.05, 0) is 39.2 Å². The van der Waals surface area contributed by atoms with Crippen molar-refractivity contribution in [2.24, 2.45) is 5.41 Å². The maximum absolute atomic E-state index is 3.61. The second-order valence-corrected chi connectivity index (χ2v) is 5.83. The first kappa shape index (κ1) is 12.0. The number of nitrogens with one attached hydrogen (secondary N) is 1. The fraction of sp³-hybridized carbons (Fsp3) is 1.00. The molecule has 1 fully saturated rings. The molecular weight excluding hydrogens is 172 g/mol. The van der Waals surface area contributed by atoms with Crippen molar-refractivity contribution in [1.82, 2.24) is 10.2 Å². The first-order valence-electron chi connectivity index (χ1n) is 5.84. The van der Waals surface area contributed by atoms with Crippen molar-refractivity contribution >= 4 is 0 Å². The van der Waals surface area contributed by atoms with Gasteiger partial charge in [0, 0.05) is 25.2 Å². The highest BCUT2D eigenvalue weighted by atomic mass is 15.1. The van der Waals surface area contributed by atoms with Gasteiger partial charge in [0.15, 0.2) is 0 Å². The van der Waals surface area contributed by atoms with Crippen molar-refractivity contribution < 1.29 is 0 Å². The van der Waals surface area contributed by atoms with Gasteiger partial charge in [0.05, 0.1) is 0 Å². The molecule has 0 aromatic carbocycles. The molecule has 1 rings (SSSR count). The first-order valence-corrected chi connectivity index (χ1v) is 5.84. The molecule has 0 radical (unpaired) electrons. The molecule has 2 heteroatoms. The Morgan fingerprint density at radius 1 is 1.36 bits per heavy atom. The van der Waals surface area contributed by atoms with Crippen LogP contribution in [0.5, 0.6) is 0 Å². The summed E-state index contributed by atoms with van der Waals surface area (Å²) in [6, 6.07) is 1.48. The molecule has 0 aliphatic heterocycles. The lowest BCUT2D eigenvalue weighted by molar-refractivity contribution is 0.173. The Hall–Kier alpha value is -0.0800. The van der Waals surface area contributed by atoms with Crippen molar-refractivity contribution in [2.75, 3.05) is 20.1 Å². The van der Waals surface area contributed by atoms with Crippen LogP contribution in [-0.2, 0) is 0 Å². The molecule has 0 aromatic rings. The lowest BCUT2D eigenvalue weighted by atomic mass is 9.92. The zero-order chi connectivity index (χ0) is 10.8. The minimum absolute atomic E-state index is 0.390. The maximum Gasteiger partial charge on any atom is 0.00684 e. The summed E-state index contributed by atoms with van der Waals surface area (Å²) >= 11 is 0. The van der Waals surface area contributed by atoms with E-state index in [1.807, 2.05) is 0 Å². The maximum atomic E-state index is 3.61. The zero-order valence-corrected chi connectivity index (χ0v) is 10.4. The molecule has 0 spiro atoms. The second kappa shape index (κ2) is 4.63. The fourth-order valence-corrected chi connectivity index (χ4v) is 1.62. The third-order valence-electron chi connectivity index (χ3n) is 3.01. The fourth-order valence-electron chi connectivity index (χ4n) is 1.62. The molecule has 1 N–H and O–H groups in total. The standard InChI is InChI=1S/C12H26N2/c1-10(2)14(5)9-12(3,4)8-13-11-6-7-11/h10-11,13H,6-9H2,1-5H3. The van der Waals surface area contributed by atoms with Crippen LogP contribution < -0.4 is 5.32 Å². The van der Waals surface area contributed by atoms with Crippen LogP contribution in [0.3, 0.4) is 0 Å². The van der Waals surface area contributed by atoms with Crippen LogP contribution >= 0.6 is 0 Å². The quantitative estimate of drug-likeness (QED) is 0.703. The molecule has 0 saturated heterocycles. The summed E-state index contributed by atoms with van der Waals surface area (Å²) in [4.78, 5) is 2.43. The van der Waals surface area contributed by atoms with Gasteiger partial charge in [-0.15, -0.1) is 0 Å². The smallest absolute Gasteiger partial charge is 0.00684 e. The van der Waals surface area contributed by atoms with Crippen LogP contribution in [0.2, 0.25) is 0 Å². The van der Waals surface area contributed by atoms with Gasteiger partial charge in [-0.1, -0.05) is 13.8 Å². The van der Waals surface area contributed by atoms with E-state index in [1.165, 1.54) is 19.4 Å². The molecule has 1 aliphatic rings. The Labute approximate surface area is 89.1 Å². The average Bonchev–Trinajstić information content (AvgIpc) is 2.82. The summed E-state index contributed by atoms with van der Waals surface area (Å²) in [6.07, 6.45) is 2.77. The van der Waals surface area contributed by atoms with Crippen molar-refractivity contribution in [2.45, 2.75) is 52.6 Å². The second-order valence-electron chi connectivity index (χ2n) is 5.83. The summed E-state index contributed by atoms with van der Waals surface area (Å²) in [5.74, 6) is 0. The predicted octanol–water partition coefficient (Wildman–Crippen LogP) is 2.10. The average molecular weight is 198 g/mol. The Kier molecular flexibility index (Phi) is 3.96.